The lowest BCUT2D eigenvalue weighted by molar-refractivity contribution is -0.134. The predicted octanol–water partition coefficient (Wildman–Crippen LogP) is 7.34. The van der Waals surface area contributed by atoms with Crippen LogP contribution in [0.3, 0.4) is 0 Å². The van der Waals surface area contributed by atoms with Crippen molar-refractivity contribution in [2.24, 2.45) is 11.8 Å². The van der Waals surface area contributed by atoms with Crippen LogP contribution in [0, 0.1) is 17.7 Å². The predicted molar refractivity (Wildman–Crippen MR) is 244 cm³/mol. The standard InChI is InChI=1S/C45H56FN11O4S2/c1-5-23-63(60,61)54-35-8-6-7-34(39(35)46)40-41(62-43(53-40)45(2,3)4)36-13-18-47-44(51-36)50-32-25-49-57(28-32)27-30-15-20-55(21-16-30)19-14-29-17-22-56(26-29)37-11-9-31(24-48-37)33-10-12-38(58)52-42(33)59/h6-9,11,13,18,24-25,28-30,33,54H,5,10,12,14-17,19-23,26-27H2,1-4H3,(H,47,50,51)(H,52,58,59)/t29-,33+/m1/s1. The minimum Gasteiger partial charge on any atom is -0.356 e. The van der Waals surface area contributed by atoms with Crippen molar-refractivity contribution in [1.29, 1.82) is 0 Å². The highest BCUT2D eigenvalue weighted by atomic mass is 32.2. The maximum Gasteiger partial charge on any atom is 0.234 e. The Hall–Kier alpha value is -5.33. The molecule has 0 radical (unpaired) electrons. The third kappa shape index (κ3) is 10.7. The van der Waals surface area contributed by atoms with Gasteiger partial charge in [-0.3, -0.25) is 24.3 Å². The van der Waals surface area contributed by atoms with Gasteiger partial charge in [-0.25, -0.2) is 32.7 Å². The molecule has 0 bridgehead atoms. The summed E-state index contributed by atoms with van der Waals surface area (Å²) in [6.45, 7) is 13.9. The largest absolute Gasteiger partial charge is 0.356 e. The van der Waals surface area contributed by atoms with Crippen LogP contribution in [0.25, 0.3) is 21.8 Å². The Morgan fingerprint density at radius 1 is 0.968 bits per heavy atom. The molecule has 3 aliphatic heterocycles. The Labute approximate surface area is 372 Å². The summed E-state index contributed by atoms with van der Waals surface area (Å²) in [5, 5.41) is 11.2. The second kappa shape index (κ2) is 18.8. The molecule has 3 aliphatic rings. The van der Waals surface area contributed by atoms with Crippen LogP contribution >= 0.6 is 11.3 Å². The van der Waals surface area contributed by atoms with Crippen LogP contribution in [0.4, 0.5) is 27.5 Å². The van der Waals surface area contributed by atoms with E-state index in [2.05, 4.69) is 35.2 Å². The lowest BCUT2D eigenvalue weighted by Crippen LogP contribution is -2.39. The number of nitrogens with one attached hydrogen (secondary N) is 3. The summed E-state index contributed by atoms with van der Waals surface area (Å²) >= 11 is 1.43. The molecule has 63 heavy (non-hydrogen) atoms. The van der Waals surface area contributed by atoms with E-state index < -0.39 is 15.8 Å². The first kappa shape index (κ1) is 44.3. The topological polar surface area (TPSA) is 180 Å². The Balaban J connectivity index is 0.833. The van der Waals surface area contributed by atoms with E-state index in [9.17, 15) is 18.0 Å². The molecular formula is C45H56FN11O4S2. The van der Waals surface area contributed by atoms with Gasteiger partial charge in [-0.1, -0.05) is 39.8 Å². The number of rotatable bonds is 15. The van der Waals surface area contributed by atoms with E-state index in [4.69, 9.17) is 15.0 Å². The van der Waals surface area contributed by atoms with Crippen LogP contribution < -0.4 is 20.3 Å². The quantitative estimate of drug-likeness (QED) is 0.0892. The fourth-order valence-electron chi connectivity index (χ4n) is 8.58. The van der Waals surface area contributed by atoms with Gasteiger partial charge in [0.1, 0.15) is 5.82 Å². The fourth-order valence-corrected chi connectivity index (χ4v) is 10.8. The molecule has 3 N–H and O–H groups in total. The van der Waals surface area contributed by atoms with Gasteiger partial charge >= 0.3 is 0 Å². The summed E-state index contributed by atoms with van der Waals surface area (Å²) in [6, 6.07) is 10.4. The lowest BCUT2D eigenvalue weighted by atomic mass is 9.92. The number of piperidine rings is 2. The number of benzene rings is 1. The van der Waals surface area contributed by atoms with Gasteiger partial charge in [-0.15, -0.1) is 11.3 Å². The number of amides is 2. The molecular weight excluding hydrogens is 842 g/mol. The van der Waals surface area contributed by atoms with Crippen molar-refractivity contribution in [3.05, 3.63) is 77.6 Å². The zero-order valence-electron chi connectivity index (χ0n) is 36.3. The van der Waals surface area contributed by atoms with Crippen LogP contribution in [-0.4, -0.2) is 93.3 Å². The molecule has 3 saturated heterocycles. The third-order valence-electron chi connectivity index (χ3n) is 12.1. The molecule has 0 spiro atoms. The summed E-state index contributed by atoms with van der Waals surface area (Å²) in [6.07, 6.45) is 13.0. The van der Waals surface area contributed by atoms with Gasteiger partial charge in [0, 0.05) is 55.6 Å². The molecule has 2 atom stereocenters. The number of anilines is 4. The average molecular weight is 898 g/mol. The van der Waals surface area contributed by atoms with Crippen LogP contribution in [0.1, 0.15) is 89.1 Å². The van der Waals surface area contributed by atoms with Gasteiger partial charge in [0.05, 0.1) is 50.5 Å². The second-order valence-corrected chi connectivity index (χ2v) is 20.8. The summed E-state index contributed by atoms with van der Waals surface area (Å²) in [4.78, 5) is 48.3. The van der Waals surface area contributed by atoms with Crippen molar-refractivity contribution in [2.75, 3.05) is 53.4 Å². The molecule has 7 heterocycles. The number of pyridine rings is 1. The van der Waals surface area contributed by atoms with Crippen LogP contribution in [0.2, 0.25) is 0 Å². The summed E-state index contributed by atoms with van der Waals surface area (Å²) < 4.78 is 45.5. The molecule has 0 saturated carbocycles. The zero-order chi connectivity index (χ0) is 44.3. The first-order valence-corrected chi connectivity index (χ1v) is 24.4. The van der Waals surface area contributed by atoms with Crippen LogP contribution in [-0.2, 0) is 31.6 Å². The Morgan fingerprint density at radius 2 is 1.78 bits per heavy atom. The molecule has 334 valence electrons. The van der Waals surface area contributed by atoms with Crippen LogP contribution in [0.15, 0.2) is 61.2 Å². The van der Waals surface area contributed by atoms with Crippen molar-refractivity contribution < 1.29 is 22.4 Å². The number of sulfonamides is 1. The Kier molecular flexibility index (Phi) is 13.2. The Bertz CT molecular complexity index is 2530. The molecule has 0 unspecified atom stereocenters. The smallest absolute Gasteiger partial charge is 0.234 e. The fraction of sp³-hybridized carbons (Fsp3) is 0.489. The Morgan fingerprint density at radius 3 is 2.52 bits per heavy atom. The molecule has 18 heteroatoms. The number of imide groups is 1. The summed E-state index contributed by atoms with van der Waals surface area (Å²) in [5.74, 6) is 0.886. The maximum absolute atomic E-state index is 16.1. The van der Waals surface area contributed by atoms with Gasteiger partial charge in [0.25, 0.3) is 0 Å². The molecule has 2 amide bonds. The number of carbonyl (C=O) groups is 2. The summed E-state index contributed by atoms with van der Waals surface area (Å²) in [5.41, 5.74) is 2.30. The highest BCUT2D eigenvalue weighted by Gasteiger charge is 2.30. The second-order valence-electron chi connectivity index (χ2n) is 18.0. The number of aromatic nitrogens is 6. The number of likely N-dealkylation sites (tertiary alicyclic amines) is 1. The van der Waals surface area contributed by atoms with E-state index in [1.165, 1.54) is 17.4 Å². The minimum absolute atomic E-state index is 0.112. The third-order valence-corrected chi connectivity index (χ3v) is 15.0. The summed E-state index contributed by atoms with van der Waals surface area (Å²) in [7, 11) is -3.71. The van der Waals surface area contributed by atoms with Gasteiger partial charge in [-0.2, -0.15) is 5.10 Å². The van der Waals surface area contributed by atoms with E-state index in [0.717, 1.165) is 87.0 Å². The van der Waals surface area contributed by atoms with Gasteiger partial charge < -0.3 is 15.1 Å². The molecule has 3 fully saturated rings. The highest BCUT2D eigenvalue weighted by molar-refractivity contribution is 7.92. The molecule has 5 aromatic rings. The van der Waals surface area contributed by atoms with Crippen LogP contribution in [0.5, 0.6) is 0 Å². The number of halogens is 1. The normalized spacial score (nSPS) is 19.1. The lowest BCUT2D eigenvalue weighted by Gasteiger charge is -2.32. The van der Waals surface area contributed by atoms with Gasteiger partial charge in [-0.05, 0) is 99.8 Å². The maximum atomic E-state index is 16.1. The van der Waals surface area contributed by atoms with Crippen molar-refractivity contribution >= 4 is 56.3 Å². The first-order valence-electron chi connectivity index (χ1n) is 21.9. The first-order chi connectivity index (χ1) is 30.2. The molecule has 0 aliphatic carbocycles. The van der Waals surface area contributed by atoms with Gasteiger partial charge in [0.15, 0.2) is 5.82 Å². The van der Waals surface area contributed by atoms with E-state index in [0.29, 0.717) is 53.3 Å². The molecule has 1 aromatic carbocycles. The van der Waals surface area contributed by atoms with Crippen molar-refractivity contribution in [1.82, 2.24) is 39.9 Å². The van der Waals surface area contributed by atoms with E-state index in [1.807, 2.05) is 43.8 Å². The van der Waals surface area contributed by atoms with E-state index in [-0.39, 0.29) is 40.2 Å². The molecule has 4 aromatic heterocycles. The van der Waals surface area contributed by atoms with Gasteiger partial charge in [0.2, 0.25) is 27.8 Å². The van der Waals surface area contributed by atoms with E-state index >= 15 is 4.39 Å². The SMILES string of the molecule is CCCS(=O)(=O)Nc1cccc(-c2nc(C(C)(C)C)sc2-c2ccnc(Nc3cnn(CC4CCN(CC[C@@H]5CCN(c6ccc([C@@H]7CCC(=O)NC7=O)cn6)C5)CC4)c3)n2)c1F. The average Bonchev–Trinajstić information content (AvgIpc) is 4.03. The number of hydrogen-bond donors (Lipinski definition) is 3. The zero-order valence-corrected chi connectivity index (χ0v) is 37.9. The van der Waals surface area contributed by atoms with Crippen molar-refractivity contribution in [2.45, 2.75) is 90.5 Å². The number of thiazole rings is 1. The van der Waals surface area contributed by atoms with Crippen molar-refractivity contribution in [3.63, 3.8) is 0 Å². The highest BCUT2D eigenvalue weighted by Crippen LogP contribution is 2.42. The van der Waals surface area contributed by atoms with Crippen molar-refractivity contribution in [3.8, 4) is 21.8 Å². The monoisotopic (exact) mass is 897 g/mol. The number of hydrogen-bond acceptors (Lipinski definition) is 13. The number of nitrogens with zero attached hydrogens (tertiary/aromatic N) is 8. The number of carbonyl (C=O) groups excluding carboxylic acids is 2. The van der Waals surface area contributed by atoms with E-state index in [1.54, 1.807) is 43.7 Å². The molecule has 15 nitrogen and oxygen atoms in total. The molecule has 8 rings (SSSR count). The minimum atomic E-state index is -3.71.